The number of rotatable bonds is 5. The van der Waals surface area contributed by atoms with Gasteiger partial charge in [-0.15, -0.1) is 0 Å². The van der Waals surface area contributed by atoms with Gasteiger partial charge in [0.2, 0.25) is 5.90 Å². The number of carbonyl (C=O) groups excluding carboxylic acids is 1. The van der Waals surface area contributed by atoms with E-state index in [1.165, 1.54) is 5.56 Å². The van der Waals surface area contributed by atoms with Crippen LogP contribution < -0.4 is 4.74 Å². The lowest BCUT2D eigenvalue weighted by Crippen LogP contribution is -2.05. The monoisotopic (exact) mass is 655 g/mol. The number of aryl methyl sites for hydroxylation is 1. The molecule has 0 saturated carbocycles. The van der Waals surface area contributed by atoms with Crippen LogP contribution in [-0.2, 0) is 16.1 Å². The minimum Gasteiger partial charge on any atom is -0.487 e. The Hall–Kier alpha value is -1.91. The summed E-state index contributed by atoms with van der Waals surface area (Å²) in [5, 5.41) is 0.481. The number of esters is 1. The lowest BCUT2D eigenvalue weighted by atomic mass is 10.1. The second kappa shape index (κ2) is 9.70. The molecule has 0 bridgehead atoms. The fourth-order valence-corrected chi connectivity index (χ4v) is 5.42. The summed E-state index contributed by atoms with van der Waals surface area (Å²) in [6, 6.07) is 19.3. The van der Waals surface area contributed by atoms with Gasteiger partial charge in [0.1, 0.15) is 12.4 Å². The Kier molecular flexibility index (Phi) is 6.98. The highest BCUT2D eigenvalue weighted by molar-refractivity contribution is 14.1. The predicted octanol–water partition coefficient (Wildman–Crippen LogP) is 6.78. The zero-order valence-electron chi connectivity index (χ0n) is 16.4. The lowest BCUT2D eigenvalue weighted by Gasteiger charge is -2.12. The minimum absolute atomic E-state index is 0.212. The van der Waals surface area contributed by atoms with E-state index in [4.69, 9.17) is 21.1 Å². The highest BCUT2D eigenvalue weighted by atomic mass is 127. The van der Waals surface area contributed by atoms with Crippen LogP contribution in [-0.4, -0.2) is 11.9 Å². The molecule has 0 amide bonds. The average Bonchev–Trinajstić information content (AvgIpc) is 3.08. The standard InChI is InChI=1S/C24H16ClI2NO3/c1-14-5-4-6-15(9-14)13-30-22-19(26)10-16(11-20(22)27)12-21-24(29)31-23(28-21)17-7-2-3-8-18(17)25/h2-12H,13H2,1H3/b21-12-. The molecular weight excluding hydrogens is 640 g/mol. The molecule has 1 heterocycles. The van der Waals surface area contributed by atoms with Gasteiger partial charge in [-0.25, -0.2) is 9.79 Å². The lowest BCUT2D eigenvalue weighted by molar-refractivity contribution is -0.129. The maximum atomic E-state index is 12.3. The molecule has 7 heteroatoms. The van der Waals surface area contributed by atoms with Crippen LogP contribution in [0.3, 0.4) is 0 Å². The molecule has 0 aromatic heterocycles. The van der Waals surface area contributed by atoms with Crippen LogP contribution in [0, 0.1) is 14.1 Å². The van der Waals surface area contributed by atoms with E-state index in [2.05, 4.69) is 69.2 Å². The number of ether oxygens (including phenoxy) is 2. The maximum Gasteiger partial charge on any atom is 0.363 e. The van der Waals surface area contributed by atoms with Crippen LogP contribution >= 0.6 is 56.8 Å². The molecule has 156 valence electrons. The third-order valence-electron chi connectivity index (χ3n) is 4.51. The molecule has 0 aliphatic carbocycles. The molecular formula is C24H16ClI2NO3. The normalized spacial score (nSPS) is 14.5. The van der Waals surface area contributed by atoms with Gasteiger partial charge in [0.05, 0.1) is 17.7 Å². The highest BCUT2D eigenvalue weighted by Gasteiger charge is 2.25. The number of hydrogen-bond donors (Lipinski definition) is 0. The van der Waals surface area contributed by atoms with E-state index in [9.17, 15) is 4.79 Å². The summed E-state index contributed by atoms with van der Waals surface area (Å²) in [4.78, 5) is 16.7. The second-order valence-corrected chi connectivity index (χ2v) is 9.64. The first kappa shape index (κ1) is 22.3. The van der Waals surface area contributed by atoms with Crippen molar-refractivity contribution in [1.82, 2.24) is 0 Å². The molecule has 3 aromatic rings. The van der Waals surface area contributed by atoms with Gasteiger partial charge in [0, 0.05) is 0 Å². The number of benzene rings is 3. The molecule has 4 nitrogen and oxygen atoms in total. The van der Waals surface area contributed by atoms with Crippen LogP contribution in [0.1, 0.15) is 22.3 Å². The zero-order valence-corrected chi connectivity index (χ0v) is 21.4. The van der Waals surface area contributed by atoms with Gasteiger partial charge in [-0.1, -0.05) is 53.6 Å². The largest absolute Gasteiger partial charge is 0.487 e. The van der Waals surface area contributed by atoms with E-state index >= 15 is 0 Å². The fourth-order valence-electron chi connectivity index (χ4n) is 3.08. The van der Waals surface area contributed by atoms with Crippen molar-refractivity contribution in [2.24, 2.45) is 4.99 Å². The molecule has 4 rings (SSSR count). The van der Waals surface area contributed by atoms with E-state index in [1.54, 1.807) is 18.2 Å². The number of nitrogens with zero attached hydrogens (tertiary/aromatic N) is 1. The molecule has 1 aliphatic rings. The van der Waals surface area contributed by atoms with Crippen molar-refractivity contribution < 1.29 is 14.3 Å². The van der Waals surface area contributed by atoms with Crippen molar-refractivity contribution in [3.63, 3.8) is 0 Å². The van der Waals surface area contributed by atoms with Crippen molar-refractivity contribution in [3.8, 4) is 5.75 Å². The molecule has 0 atom stereocenters. The van der Waals surface area contributed by atoms with Crippen molar-refractivity contribution in [2.75, 3.05) is 0 Å². The third-order valence-corrected chi connectivity index (χ3v) is 6.45. The molecule has 1 aliphatic heterocycles. The van der Waals surface area contributed by atoms with Crippen molar-refractivity contribution in [2.45, 2.75) is 13.5 Å². The quantitative estimate of drug-likeness (QED) is 0.173. The van der Waals surface area contributed by atoms with Crippen molar-refractivity contribution >= 4 is 74.7 Å². The van der Waals surface area contributed by atoms with Gasteiger partial charge in [-0.3, -0.25) is 0 Å². The summed E-state index contributed by atoms with van der Waals surface area (Å²) in [6.07, 6.45) is 1.71. The van der Waals surface area contributed by atoms with Gasteiger partial charge in [0.25, 0.3) is 0 Å². The fraction of sp³-hybridized carbons (Fsp3) is 0.0833. The number of carbonyl (C=O) groups is 1. The summed E-state index contributed by atoms with van der Waals surface area (Å²) < 4.78 is 13.3. The first-order valence-electron chi connectivity index (χ1n) is 9.35. The van der Waals surface area contributed by atoms with Crippen molar-refractivity contribution in [1.29, 1.82) is 0 Å². The van der Waals surface area contributed by atoms with E-state index in [0.29, 0.717) is 17.2 Å². The molecule has 3 aromatic carbocycles. The Labute approximate surface area is 212 Å². The van der Waals surface area contributed by atoms with Gasteiger partial charge in [-0.05, 0) is 93.6 Å². The predicted molar refractivity (Wildman–Crippen MR) is 139 cm³/mol. The Morgan fingerprint density at radius 1 is 1.06 bits per heavy atom. The highest BCUT2D eigenvalue weighted by Crippen LogP contribution is 2.31. The number of hydrogen-bond acceptors (Lipinski definition) is 4. The van der Waals surface area contributed by atoms with E-state index in [0.717, 1.165) is 24.0 Å². The van der Waals surface area contributed by atoms with Gasteiger partial charge >= 0.3 is 5.97 Å². The van der Waals surface area contributed by atoms with Crippen LogP contribution in [0.25, 0.3) is 6.08 Å². The Bertz CT molecular complexity index is 1210. The molecule has 0 unspecified atom stereocenters. The average molecular weight is 656 g/mol. The number of halogens is 3. The Morgan fingerprint density at radius 2 is 1.81 bits per heavy atom. The van der Waals surface area contributed by atoms with Crippen molar-refractivity contribution in [3.05, 3.63) is 101 Å². The number of aliphatic imine (C=N–C) groups is 1. The second-order valence-electron chi connectivity index (χ2n) is 6.91. The molecule has 0 fully saturated rings. The van der Waals surface area contributed by atoms with Crippen LogP contribution in [0.15, 0.2) is 71.4 Å². The van der Waals surface area contributed by atoms with Crippen LogP contribution in [0.2, 0.25) is 5.02 Å². The first-order valence-corrected chi connectivity index (χ1v) is 11.9. The molecule has 31 heavy (non-hydrogen) atoms. The first-order chi connectivity index (χ1) is 14.9. The zero-order chi connectivity index (χ0) is 22.0. The van der Waals surface area contributed by atoms with Gasteiger partial charge in [0.15, 0.2) is 5.70 Å². The summed E-state index contributed by atoms with van der Waals surface area (Å²) in [6.45, 7) is 2.55. The smallest absolute Gasteiger partial charge is 0.363 e. The molecule has 0 saturated heterocycles. The minimum atomic E-state index is -0.500. The van der Waals surface area contributed by atoms with E-state index in [1.807, 2.05) is 36.4 Å². The van der Waals surface area contributed by atoms with Crippen LogP contribution in [0.5, 0.6) is 5.75 Å². The van der Waals surface area contributed by atoms with Crippen LogP contribution in [0.4, 0.5) is 0 Å². The van der Waals surface area contributed by atoms with E-state index < -0.39 is 5.97 Å². The topological polar surface area (TPSA) is 47.9 Å². The Balaban J connectivity index is 1.57. The Morgan fingerprint density at radius 3 is 2.52 bits per heavy atom. The summed E-state index contributed by atoms with van der Waals surface area (Å²) in [7, 11) is 0. The molecule has 0 spiro atoms. The van der Waals surface area contributed by atoms with Gasteiger partial charge < -0.3 is 9.47 Å². The summed E-state index contributed by atoms with van der Waals surface area (Å²) in [5.41, 5.74) is 3.98. The maximum absolute atomic E-state index is 12.3. The van der Waals surface area contributed by atoms with E-state index in [-0.39, 0.29) is 11.6 Å². The molecule has 0 N–H and O–H groups in total. The summed E-state index contributed by atoms with van der Waals surface area (Å²) >= 11 is 10.7. The number of cyclic esters (lactones) is 1. The molecule has 0 radical (unpaired) electrons. The SMILES string of the molecule is Cc1cccc(COc2c(I)cc(/C=C3\N=C(c4ccccc4Cl)OC3=O)cc2I)c1. The summed E-state index contributed by atoms with van der Waals surface area (Å²) in [5.74, 6) is 0.531. The third kappa shape index (κ3) is 5.30. The van der Waals surface area contributed by atoms with Gasteiger partial charge in [-0.2, -0.15) is 0 Å².